The van der Waals surface area contributed by atoms with Crippen LogP contribution in [0.15, 0.2) is 0 Å². The van der Waals surface area contributed by atoms with Crippen LogP contribution in [0.5, 0.6) is 0 Å². The normalized spacial score (nSPS) is 22.9. The van der Waals surface area contributed by atoms with E-state index in [1.807, 2.05) is 0 Å². The van der Waals surface area contributed by atoms with Crippen molar-refractivity contribution in [2.75, 3.05) is 27.2 Å². The lowest BCUT2D eigenvalue weighted by atomic mass is 9.90. The number of methoxy groups -OCH3 is 1. The van der Waals surface area contributed by atoms with Gasteiger partial charge in [0.1, 0.15) is 0 Å². The Morgan fingerprint density at radius 2 is 2.16 bits per heavy atom. The van der Waals surface area contributed by atoms with Gasteiger partial charge in [0.15, 0.2) is 0 Å². The number of likely N-dealkylation sites (N-methyl/N-ethyl adjacent to an activating group) is 1. The monoisotopic (exact) mass is 270 g/mol. The molecule has 19 heavy (non-hydrogen) atoms. The summed E-state index contributed by atoms with van der Waals surface area (Å²) in [5, 5.41) is 3.29. The summed E-state index contributed by atoms with van der Waals surface area (Å²) in [5.41, 5.74) is 0. The maximum atomic E-state index is 12.3. The number of piperidine rings is 1. The summed E-state index contributed by atoms with van der Waals surface area (Å²) in [6, 6.07) is -0.0539. The maximum absolute atomic E-state index is 12.3. The van der Waals surface area contributed by atoms with Crippen LogP contribution < -0.4 is 5.32 Å². The molecule has 1 fully saturated rings. The van der Waals surface area contributed by atoms with Crippen molar-refractivity contribution in [3.8, 4) is 0 Å². The number of nitrogens with zero attached hydrogens (tertiary/aromatic N) is 1. The first-order valence-corrected chi connectivity index (χ1v) is 7.13. The van der Waals surface area contributed by atoms with Gasteiger partial charge in [0, 0.05) is 20.0 Å². The predicted molar refractivity (Wildman–Crippen MR) is 73.7 cm³/mol. The van der Waals surface area contributed by atoms with E-state index in [-0.39, 0.29) is 17.9 Å². The van der Waals surface area contributed by atoms with Crippen molar-refractivity contribution in [3.63, 3.8) is 0 Å². The molecule has 2 unspecified atom stereocenters. The van der Waals surface area contributed by atoms with E-state index < -0.39 is 0 Å². The fraction of sp³-hybridized carbons (Fsp3) is 0.857. The third-order valence-corrected chi connectivity index (χ3v) is 3.87. The summed E-state index contributed by atoms with van der Waals surface area (Å²) in [6.45, 7) is 3.70. The van der Waals surface area contributed by atoms with Crippen molar-refractivity contribution in [1.82, 2.24) is 10.2 Å². The van der Waals surface area contributed by atoms with Crippen LogP contribution in [-0.4, -0.2) is 50.1 Å². The van der Waals surface area contributed by atoms with Gasteiger partial charge in [-0.25, -0.2) is 0 Å². The Kier molecular flexibility index (Phi) is 6.84. The van der Waals surface area contributed by atoms with Crippen molar-refractivity contribution in [1.29, 1.82) is 0 Å². The molecule has 1 N–H and O–H groups in total. The Hall–Kier alpha value is -1.10. The zero-order valence-electron chi connectivity index (χ0n) is 12.3. The van der Waals surface area contributed by atoms with E-state index in [9.17, 15) is 9.59 Å². The van der Waals surface area contributed by atoms with Crippen LogP contribution in [-0.2, 0) is 14.3 Å². The second-order valence-corrected chi connectivity index (χ2v) is 5.24. The zero-order valence-corrected chi connectivity index (χ0v) is 12.3. The minimum Gasteiger partial charge on any atom is -0.469 e. The molecule has 0 radical (unpaired) electrons. The molecule has 1 heterocycles. The van der Waals surface area contributed by atoms with E-state index in [0.717, 1.165) is 25.8 Å². The number of nitrogens with one attached hydrogen (secondary N) is 1. The molecule has 5 nitrogen and oxygen atoms in total. The van der Waals surface area contributed by atoms with E-state index in [1.165, 1.54) is 7.11 Å². The molecule has 0 aromatic heterocycles. The zero-order chi connectivity index (χ0) is 14.3. The predicted octanol–water partition coefficient (Wildman–Crippen LogP) is 1.18. The lowest BCUT2D eigenvalue weighted by molar-refractivity contribution is -0.141. The highest BCUT2D eigenvalue weighted by atomic mass is 16.5. The molecule has 1 aliphatic rings. The molecule has 1 aliphatic heterocycles. The Bertz CT molecular complexity index is 307. The molecule has 0 spiro atoms. The Balaban J connectivity index is 2.32. The Labute approximate surface area is 115 Å². The first-order valence-electron chi connectivity index (χ1n) is 7.13. The van der Waals surface area contributed by atoms with E-state index in [1.54, 1.807) is 11.9 Å². The van der Waals surface area contributed by atoms with Crippen molar-refractivity contribution in [3.05, 3.63) is 0 Å². The van der Waals surface area contributed by atoms with Crippen LogP contribution in [0.25, 0.3) is 0 Å². The molecule has 1 saturated heterocycles. The van der Waals surface area contributed by atoms with Gasteiger partial charge >= 0.3 is 5.97 Å². The summed E-state index contributed by atoms with van der Waals surface area (Å²) in [4.78, 5) is 25.0. The second kappa shape index (κ2) is 8.15. The van der Waals surface area contributed by atoms with Crippen LogP contribution >= 0.6 is 0 Å². The molecule has 0 aromatic carbocycles. The molecule has 0 saturated carbocycles. The highest BCUT2D eigenvalue weighted by Gasteiger charge is 2.27. The highest BCUT2D eigenvalue weighted by molar-refractivity contribution is 5.81. The van der Waals surface area contributed by atoms with Crippen LogP contribution in [0.2, 0.25) is 0 Å². The first-order chi connectivity index (χ1) is 9.08. The van der Waals surface area contributed by atoms with Gasteiger partial charge in [-0.15, -0.1) is 0 Å². The Morgan fingerprint density at radius 3 is 2.79 bits per heavy atom. The number of carbonyl (C=O) groups excluding carboxylic acids is 2. The average molecular weight is 270 g/mol. The number of ether oxygens (including phenoxy) is 1. The largest absolute Gasteiger partial charge is 0.469 e. The lowest BCUT2D eigenvalue weighted by Crippen LogP contribution is -2.49. The minimum absolute atomic E-state index is 0.0539. The molecule has 1 rings (SSSR count). The van der Waals surface area contributed by atoms with Gasteiger partial charge in [-0.2, -0.15) is 0 Å². The molecular weight excluding hydrogens is 244 g/mol. The van der Waals surface area contributed by atoms with Crippen LogP contribution in [0.1, 0.15) is 39.0 Å². The van der Waals surface area contributed by atoms with E-state index in [2.05, 4.69) is 17.0 Å². The number of hydrogen-bond donors (Lipinski definition) is 1. The van der Waals surface area contributed by atoms with Gasteiger partial charge in [-0.3, -0.25) is 9.59 Å². The number of hydrogen-bond acceptors (Lipinski definition) is 4. The van der Waals surface area contributed by atoms with E-state index in [4.69, 9.17) is 0 Å². The molecule has 2 atom stereocenters. The van der Waals surface area contributed by atoms with Gasteiger partial charge in [0.25, 0.3) is 0 Å². The number of rotatable bonds is 6. The summed E-state index contributed by atoms with van der Waals surface area (Å²) in [6.07, 6.45) is 4.24. The minimum atomic E-state index is -0.220. The van der Waals surface area contributed by atoms with Crippen molar-refractivity contribution in [2.45, 2.75) is 45.1 Å². The van der Waals surface area contributed by atoms with Crippen molar-refractivity contribution in [2.24, 2.45) is 5.92 Å². The highest BCUT2D eigenvalue weighted by Crippen LogP contribution is 2.20. The van der Waals surface area contributed by atoms with Gasteiger partial charge in [0.2, 0.25) is 5.91 Å². The van der Waals surface area contributed by atoms with Crippen LogP contribution in [0.4, 0.5) is 0 Å². The van der Waals surface area contributed by atoms with Gasteiger partial charge in [0.05, 0.1) is 13.2 Å². The smallest absolute Gasteiger partial charge is 0.305 e. The van der Waals surface area contributed by atoms with Crippen LogP contribution in [0.3, 0.4) is 0 Å². The summed E-state index contributed by atoms with van der Waals surface area (Å²) < 4.78 is 4.58. The third-order valence-electron chi connectivity index (χ3n) is 3.87. The quantitative estimate of drug-likeness (QED) is 0.736. The van der Waals surface area contributed by atoms with E-state index >= 15 is 0 Å². The summed E-state index contributed by atoms with van der Waals surface area (Å²) in [7, 11) is 3.19. The van der Waals surface area contributed by atoms with Gasteiger partial charge < -0.3 is 15.0 Å². The molecule has 0 bridgehead atoms. The van der Waals surface area contributed by atoms with Gasteiger partial charge in [-0.05, 0) is 31.7 Å². The number of amides is 1. The average Bonchev–Trinajstić information content (AvgIpc) is 2.46. The fourth-order valence-corrected chi connectivity index (χ4v) is 2.49. The summed E-state index contributed by atoms with van der Waals surface area (Å²) >= 11 is 0. The molecular formula is C14H26N2O3. The molecule has 5 heteroatoms. The van der Waals surface area contributed by atoms with Crippen LogP contribution in [0, 0.1) is 5.92 Å². The lowest BCUT2D eigenvalue weighted by Gasteiger charge is -2.31. The topological polar surface area (TPSA) is 58.6 Å². The van der Waals surface area contributed by atoms with Crippen molar-refractivity contribution >= 4 is 11.9 Å². The molecule has 110 valence electrons. The maximum Gasteiger partial charge on any atom is 0.305 e. The molecule has 0 aliphatic carbocycles. The standard InChI is InChI=1S/C14H26N2O3/c1-4-11-7-8-15-12(10-11)14(18)16(2)9-5-6-13(17)19-3/h11-12,15H,4-10H2,1-3H3. The second-order valence-electron chi connectivity index (χ2n) is 5.24. The SMILES string of the molecule is CCC1CCNC(C(=O)N(C)CCCC(=O)OC)C1. The first kappa shape index (κ1) is 16.0. The number of carbonyl (C=O) groups is 2. The number of esters is 1. The molecule has 0 aromatic rings. The third kappa shape index (κ3) is 5.19. The van der Waals surface area contributed by atoms with Crippen molar-refractivity contribution < 1.29 is 14.3 Å². The Morgan fingerprint density at radius 1 is 1.42 bits per heavy atom. The van der Waals surface area contributed by atoms with E-state index in [0.29, 0.717) is 25.3 Å². The fourth-order valence-electron chi connectivity index (χ4n) is 2.49. The molecule has 1 amide bonds. The summed E-state index contributed by atoms with van der Waals surface area (Å²) in [5.74, 6) is 0.573. The van der Waals surface area contributed by atoms with Gasteiger partial charge in [-0.1, -0.05) is 13.3 Å².